The van der Waals surface area contributed by atoms with Gasteiger partial charge in [-0.3, -0.25) is 24.5 Å². The molecule has 40 heavy (non-hydrogen) atoms. The van der Waals surface area contributed by atoms with Crippen molar-refractivity contribution in [1.29, 1.82) is 0 Å². The van der Waals surface area contributed by atoms with E-state index in [9.17, 15) is 19.2 Å². The number of nitrogens with one attached hydrogen (secondary N) is 2. The highest BCUT2D eigenvalue weighted by atomic mass is 16.4. The van der Waals surface area contributed by atoms with E-state index in [4.69, 9.17) is 21.7 Å². The number of nitrogens with two attached hydrogens (primary N) is 2. The van der Waals surface area contributed by atoms with Crippen LogP contribution in [0.3, 0.4) is 0 Å². The van der Waals surface area contributed by atoms with E-state index in [0.29, 0.717) is 38.8 Å². The van der Waals surface area contributed by atoms with Crippen LogP contribution in [0.5, 0.6) is 0 Å². The van der Waals surface area contributed by atoms with Crippen LogP contribution in [0.25, 0.3) is 0 Å². The van der Waals surface area contributed by atoms with Crippen LogP contribution in [-0.4, -0.2) is 66.1 Å². The van der Waals surface area contributed by atoms with Crippen LogP contribution >= 0.6 is 0 Å². The minimum absolute atomic E-state index is 0.0322. The van der Waals surface area contributed by atoms with Gasteiger partial charge in [0.25, 0.3) is 0 Å². The molecule has 0 fully saturated rings. The molecule has 10 nitrogen and oxygen atoms in total. The molecule has 2 amide bonds. The molecule has 0 aromatic rings. The molecule has 0 aromatic heterocycles. The third kappa shape index (κ3) is 23.8. The largest absolute Gasteiger partial charge is 0.481 e. The number of carboxylic acids is 1. The van der Waals surface area contributed by atoms with Crippen molar-refractivity contribution in [2.24, 2.45) is 17.4 Å². The third-order valence-corrected chi connectivity index (χ3v) is 7.37. The monoisotopic (exact) mass is 570 g/mol. The minimum Gasteiger partial charge on any atom is -0.481 e. The molecule has 0 bridgehead atoms. The van der Waals surface area contributed by atoms with E-state index in [-0.39, 0.29) is 24.2 Å². The van der Waals surface area contributed by atoms with Crippen molar-refractivity contribution in [2.45, 2.75) is 134 Å². The van der Waals surface area contributed by atoms with Crippen molar-refractivity contribution in [3.8, 4) is 0 Å². The van der Waals surface area contributed by atoms with Gasteiger partial charge in [0.05, 0.1) is 13.2 Å². The van der Waals surface area contributed by atoms with Gasteiger partial charge in [-0.15, -0.1) is 0 Å². The Kier molecular flexibility index (Phi) is 25.8. The van der Waals surface area contributed by atoms with Gasteiger partial charge >= 0.3 is 5.97 Å². The first-order valence-electron chi connectivity index (χ1n) is 15.7. The first kappa shape index (κ1) is 38.0. The first-order chi connectivity index (χ1) is 19.3. The maximum absolute atomic E-state index is 12.4. The van der Waals surface area contributed by atoms with Gasteiger partial charge in [-0.25, -0.2) is 0 Å². The normalized spacial score (nSPS) is 12.7. The number of rotatable bonds is 30. The van der Waals surface area contributed by atoms with Crippen molar-refractivity contribution in [1.82, 2.24) is 10.6 Å². The predicted octanol–water partition coefficient (Wildman–Crippen LogP) is 3.57. The maximum atomic E-state index is 12.4. The van der Waals surface area contributed by atoms with E-state index < -0.39 is 24.5 Å². The summed E-state index contributed by atoms with van der Waals surface area (Å²) in [6.45, 7) is 0.508. The molecule has 0 aromatic carbocycles. The minimum atomic E-state index is -0.931. The van der Waals surface area contributed by atoms with Crippen LogP contribution in [0.1, 0.15) is 128 Å². The van der Waals surface area contributed by atoms with Crippen molar-refractivity contribution < 1.29 is 29.4 Å². The number of carbonyl (C=O) groups is 4. The summed E-state index contributed by atoms with van der Waals surface area (Å²) in [4.78, 5) is 46.2. The number of hydrogen-bond acceptors (Lipinski definition) is 7. The molecule has 0 saturated carbocycles. The molecule has 0 radical (unpaired) electrons. The number of Topliss-reactive ketones (excluding diaryl/α,β-unsaturated/α-hetero) is 1. The number of aliphatic hydroxyl groups excluding tert-OH is 1. The van der Waals surface area contributed by atoms with Crippen molar-refractivity contribution >= 4 is 23.6 Å². The van der Waals surface area contributed by atoms with Gasteiger partial charge < -0.3 is 27.0 Å². The van der Waals surface area contributed by atoms with Crippen molar-refractivity contribution in [2.75, 3.05) is 26.2 Å². The van der Waals surface area contributed by atoms with Crippen molar-refractivity contribution in [3.63, 3.8) is 0 Å². The fourth-order valence-corrected chi connectivity index (χ4v) is 4.81. The van der Waals surface area contributed by atoms with Gasteiger partial charge in [0.2, 0.25) is 11.8 Å². The second kappa shape index (κ2) is 27.1. The lowest BCUT2D eigenvalue weighted by atomic mass is 9.93. The molecule has 0 spiro atoms. The molecule has 0 saturated heterocycles. The Balaban J connectivity index is 3.61. The fraction of sp³-hybridized carbons (Fsp3) is 0.867. The lowest BCUT2D eigenvalue weighted by Gasteiger charge is -2.17. The second-order valence-corrected chi connectivity index (χ2v) is 10.9. The number of ketones is 1. The first-order valence-corrected chi connectivity index (χ1v) is 15.7. The van der Waals surface area contributed by atoms with E-state index in [1.807, 2.05) is 0 Å². The summed E-state index contributed by atoms with van der Waals surface area (Å²) in [6, 6.07) is -0.931. The van der Waals surface area contributed by atoms with Crippen LogP contribution < -0.4 is 22.1 Å². The number of aliphatic hydroxyl groups is 1. The summed E-state index contributed by atoms with van der Waals surface area (Å²) in [5.41, 5.74) is 10.8. The zero-order valence-electron chi connectivity index (χ0n) is 24.8. The standard InChI is InChI=1S/C30H58N4O6/c31-21-20-25(27(36)23-34-26(24-35)30(32)40)17-15-16-22-33-28(37)18-13-11-9-7-5-3-1-2-4-6-8-10-12-14-19-29(38)39/h25-26,34-35H,1-24,31H2,(H2,32,40)(H,33,37)(H,38,39)/t25-,26-/m0/s1. The fourth-order valence-electron chi connectivity index (χ4n) is 4.81. The van der Waals surface area contributed by atoms with Crippen LogP contribution in [0, 0.1) is 5.92 Å². The molecule has 8 N–H and O–H groups in total. The molecule has 234 valence electrons. The van der Waals surface area contributed by atoms with Gasteiger partial charge in [-0.2, -0.15) is 0 Å². The van der Waals surface area contributed by atoms with Gasteiger partial charge in [0.1, 0.15) is 11.8 Å². The van der Waals surface area contributed by atoms with E-state index in [1.165, 1.54) is 57.8 Å². The maximum Gasteiger partial charge on any atom is 0.303 e. The Morgan fingerprint density at radius 1 is 0.675 bits per heavy atom. The zero-order valence-corrected chi connectivity index (χ0v) is 24.8. The van der Waals surface area contributed by atoms with Gasteiger partial charge in [-0.1, -0.05) is 83.5 Å². The smallest absolute Gasteiger partial charge is 0.303 e. The highest BCUT2D eigenvalue weighted by molar-refractivity contribution is 5.85. The van der Waals surface area contributed by atoms with Crippen LogP contribution in [-0.2, 0) is 19.2 Å². The summed E-state index contributed by atoms with van der Waals surface area (Å²) >= 11 is 0. The molecule has 0 aliphatic carbocycles. The highest BCUT2D eigenvalue weighted by Gasteiger charge is 2.20. The number of primary amides is 1. The topological polar surface area (TPSA) is 185 Å². The Morgan fingerprint density at radius 3 is 1.62 bits per heavy atom. The molecule has 0 rings (SSSR count). The summed E-state index contributed by atoms with van der Waals surface area (Å²) < 4.78 is 0. The van der Waals surface area contributed by atoms with E-state index in [2.05, 4.69) is 10.6 Å². The average Bonchev–Trinajstić information content (AvgIpc) is 2.91. The van der Waals surface area contributed by atoms with Crippen LogP contribution in [0.2, 0.25) is 0 Å². The lowest BCUT2D eigenvalue weighted by molar-refractivity contribution is -0.137. The Morgan fingerprint density at radius 2 is 1.18 bits per heavy atom. The van der Waals surface area contributed by atoms with Gasteiger partial charge in [0.15, 0.2) is 0 Å². The molecule has 0 unspecified atom stereocenters. The molecule has 0 heterocycles. The highest BCUT2D eigenvalue weighted by Crippen LogP contribution is 2.15. The summed E-state index contributed by atoms with van der Waals surface area (Å²) in [5, 5.41) is 23.4. The number of aliphatic carboxylic acids is 1. The SMILES string of the molecule is NCC[C@H](CCCCNC(=O)CCCCCCCCCCCCCCCCC(=O)O)C(=O)CN[C@@H](CO)C(N)=O. The summed E-state index contributed by atoms with van der Waals surface area (Å²) in [5.74, 6) is -1.56. The number of carboxylic acid groups (broad SMARTS) is 1. The number of amides is 2. The van der Waals surface area contributed by atoms with Crippen LogP contribution in [0.15, 0.2) is 0 Å². The predicted molar refractivity (Wildman–Crippen MR) is 159 cm³/mol. The van der Waals surface area contributed by atoms with Gasteiger partial charge in [-0.05, 0) is 38.6 Å². The third-order valence-electron chi connectivity index (χ3n) is 7.37. The van der Waals surface area contributed by atoms with E-state index in [1.54, 1.807) is 0 Å². The Labute approximate surface area is 241 Å². The summed E-state index contributed by atoms with van der Waals surface area (Å²) in [6.07, 6.45) is 19.9. The molecular weight excluding hydrogens is 512 g/mol. The quantitative estimate of drug-likeness (QED) is 0.0708. The Bertz CT molecular complexity index is 677. The Hall–Kier alpha value is -2.04. The summed E-state index contributed by atoms with van der Waals surface area (Å²) in [7, 11) is 0. The molecule has 0 aliphatic heterocycles. The van der Waals surface area contributed by atoms with Crippen LogP contribution in [0.4, 0.5) is 0 Å². The van der Waals surface area contributed by atoms with E-state index >= 15 is 0 Å². The van der Waals surface area contributed by atoms with E-state index in [0.717, 1.165) is 44.9 Å². The van der Waals surface area contributed by atoms with Crippen molar-refractivity contribution in [3.05, 3.63) is 0 Å². The zero-order chi connectivity index (χ0) is 29.8. The molecule has 0 aliphatic rings. The molecule has 2 atom stereocenters. The number of carbonyl (C=O) groups excluding carboxylic acids is 3. The second-order valence-electron chi connectivity index (χ2n) is 10.9. The van der Waals surface area contributed by atoms with Gasteiger partial charge in [0, 0.05) is 25.3 Å². The number of unbranched alkanes of at least 4 members (excludes halogenated alkanes) is 14. The lowest BCUT2D eigenvalue weighted by Crippen LogP contribution is -2.46. The number of hydrogen-bond donors (Lipinski definition) is 6. The molecular formula is C30H58N4O6. The molecule has 10 heteroatoms. The average molecular weight is 571 g/mol.